The Labute approximate surface area is 150 Å². The van der Waals surface area contributed by atoms with Crippen molar-refractivity contribution in [1.82, 2.24) is 4.90 Å². The average molecular weight is 347 g/mol. The number of carbonyl (C=O) groups excluding carboxylic acids is 2. The Balaban J connectivity index is 1.75. The number of rotatable bonds is 7. The van der Waals surface area contributed by atoms with Crippen molar-refractivity contribution in [3.8, 4) is 5.75 Å². The summed E-state index contributed by atoms with van der Waals surface area (Å²) < 4.78 is 10.8. The van der Waals surface area contributed by atoms with Crippen molar-refractivity contribution in [2.75, 3.05) is 13.2 Å². The van der Waals surface area contributed by atoms with Gasteiger partial charge in [-0.3, -0.25) is 9.59 Å². The number of amides is 1. The summed E-state index contributed by atoms with van der Waals surface area (Å²) in [4.78, 5) is 26.4. The second-order valence-corrected chi connectivity index (χ2v) is 6.63. The highest BCUT2D eigenvalue weighted by atomic mass is 16.6. The quantitative estimate of drug-likeness (QED) is 0.709. The van der Waals surface area contributed by atoms with Crippen molar-refractivity contribution in [3.05, 3.63) is 29.8 Å². The van der Waals surface area contributed by atoms with Gasteiger partial charge in [0.25, 0.3) is 5.91 Å². The Bertz CT molecular complexity index is 570. The van der Waals surface area contributed by atoms with Gasteiger partial charge in [0.1, 0.15) is 5.75 Å². The molecule has 1 aliphatic heterocycles. The Morgan fingerprint density at radius 3 is 2.64 bits per heavy atom. The molecule has 2 unspecified atom stereocenters. The largest absolute Gasteiger partial charge is 0.493 e. The highest BCUT2D eigenvalue weighted by molar-refractivity contribution is 5.83. The normalized spacial score (nSPS) is 18.5. The smallest absolute Gasteiger partial charge is 0.310 e. The van der Waals surface area contributed by atoms with Gasteiger partial charge in [-0.1, -0.05) is 24.6 Å². The predicted octanol–water partition coefficient (Wildman–Crippen LogP) is 3.49. The number of hydrogen-bond donors (Lipinski definition) is 0. The van der Waals surface area contributed by atoms with Crippen LogP contribution in [0.4, 0.5) is 0 Å². The summed E-state index contributed by atoms with van der Waals surface area (Å²) in [6.07, 6.45) is 3.55. The third-order valence-electron chi connectivity index (χ3n) is 4.63. The summed E-state index contributed by atoms with van der Waals surface area (Å²) in [5.74, 6) is 0.235. The molecule has 2 atom stereocenters. The molecule has 2 rings (SSSR count). The lowest BCUT2D eigenvalue weighted by Crippen LogP contribution is -2.48. The van der Waals surface area contributed by atoms with Gasteiger partial charge < -0.3 is 14.4 Å². The fourth-order valence-corrected chi connectivity index (χ4v) is 3.14. The minimum atomic E-state index is -0.737. The number of benzene rings is 1. The van der Waals surface area contributed by atoms with E-state index >= 15 is 0 Å². The van der Waals surface area contributed by atoms with Gasteiger partial charge >= 0.3 is 5.97 Å². The van der Waals surface area contributed by atoms with Crippen LogP contribution in [0.25, 0.3) is 0 Å². The Morgan fingerprint density at radius 1 is 1.24 bits per heavy atom. The Hall–Kier alpha value is -2.04. The van der Waals surface area contributed by atoms with Gasteiger partial charge in [-0.05, 0) is 51.7 Å². The summed E-state index contributed by atoms with van der Waals surface area (Å²) in [7, 11) is 0. The molecule has 0 radical (unpaired) electrons. The monoisotopic (exact) mass is 347 g/mol. The van der Waals surface area contributed by atoms with Gasteiger partial charge in [0.05, 0.1) is 13.0 Å². The van der Waals surface area contributed by atoms with Crippen molar-refractivity contribution >= 4 is 11.9 Å². The number of likely N-dealkylation sites (tertiary alicyclic amines) is 1. The first-order valence-electron chi connectivity index (χ1n) is 9.20. The predicted molar refractivity (Wildman–Crippen MR) is 96.5 cm³/mol. The Kier molecular flexibility index (Phi) is 7.29. The summed E-state index contributed by atoms with van der Waals surface area (Å²) in [5, 5.41) is 0. The molecular weight excluding hydrogens is 318 g/mol. The molecule has 5 nitrogen and oxygen atoms in total. The number of esters is 1. The van der Waals surface area contributed by atoms with Gasteiger partial charge in [0.15, 0.2) is 6.10 Å². The van der Waals surface area contributed by atoms with E-state index in [-0.39, 0.29) is 25.0 Å². The number of nitrogens with zero attached hydrogens (tertiary/aromatic N) is 1. The molecule has 1 saturated heterocycles. The van der Waals surface area contributed by atoms with E-state index in [0.29, 0.717) is 0 Å². The minimum Gasteiger partial charge on any atom is -0.493 e. The molecule has 5 heteroatoms. The van der Waals surface area contributed by atoms with Crippen molar-refractivity contribution < 1.29 is 19.1 Å². The van der Waals surface area contributed by atoms with Crippen LogP contribution in [-0.4, -0.2) is 42.1 Å². The zero-order valence-electron chi connectivity index (χ0n) is 15.5. The zero-order chi connectivity index (χ0) is 18.2. The highest BCUT2D eigenvalue weighted by Gasteiger charge is 2.30. The van der Waals surface area contributed by atoms with E-state index in [1.807, 2.05) is 36.1 Å². The summed E-state index contributed by atoms with van der Waals surface area (Å²) in [6.45, 7) is 6.75. The van der Waals surface area contributed by atoms with Crippen LogP contribution in [0.15, 0.2) is 24.3 Å². The molecule has 1 fully saturated rings. The third kappa shape index (κ3) is 5.76. The van der Waals surface area contributed by atoms with E-state index in [1.165, 1.54) is 0 Å². The van der Waals surface area contributed by atoms with Crippen LogP contribution in [-0.2, 0) is 14.3 Å². The fraction of sp³-hybridized carbons (Fsp3) is 0.600. The topological polar surface area (TPSA) is 55.8 Å². The summed E-state index contributed by atoms with van der Waals surface area (Å²) in [6, 6.07) is 7.92. The molecule has 0 aliphatic carbocycles. The molecule has 1 heterocycles. The van der Waals surface area contributed by atoms with Crippen molar-refractivity contribution in [2.24, 2.45) is 0 Å². The molecule has 1 amide bonds. The molecule has 25 heavy (non-hydrogen) atoms. The second-order valence-electron chi connectivity index (χ2n) is 6.63. The molecule has 1 aromatic rings. The Morgan fingerprint density at radius 2 is 1.96 bits per heavy atom. The number of aryl methyl sites for hydroxylation is 1. The molecular formula is C20H29NO4. The van der Waals surface area contributed by atoms with Gasteiger partial charge in [0, 0.05) is 12.6 Å². The molecule has 1 aromatic carbocycles. The number of ether oxygens (including phenoxy) is 2. The van der Waals surface area contributed by atoms with Gasteiger partial charge in [-0.25, -0.2) is 0 Å². The van der Waals surface area contributed by atoms with Crippen LogP contribution in [0.1, 0.15) is 51.5 Å². The maximum Gasteiger partial charge on any atom is 0.310 e. The fourth-order valence-electron chi connectivity index (χ4n) is 3.14. The maximum atomic E-state index is 12.5. The first-order valence-corrected chi connectivity index (χ1v) is 9.20. The number of hydrogen-bond acceptors (Lipinski definition) is 4. The van der Waals surface area contributed by atoms with Crippen molar-refractivity contribution in [1.29, 1.82) is 0 Å². The van der Waals surface area contributed by atoms with E-state index in [9.17, 15) is 9.59 Å². The first-order chi connectivity index (χ1) is 12.0. The van der Waals surface area contributed by atoms with Gasteiger partial charge in [0.2, 0.25) is 0 Å². The van der Waals surface area contributed by atoms with Crippen LogP contribution in [0.2, 0.25) is 0 Å². The maximum absolute atomic E-state index is 12.5. The van der Waals surface area contributed by atoms with Crippen LogP contribution < -0.4 is 4.74 Å². The molecule has 138 valence electrons. The lowest BCUT2D eigenvalue weighted by Gasteiger charge is -2.36. The SMILES string of the molecule is CCC1CCCCN1C(=O)C(C)OC(=O)CCOc1ccc(C)cc1. The lowest BCUT2D eigenvalue weighted by molar-refractivity contribution is -0.161. The van der Waals surface area contributed by atoms with Gasteiger partial charge in [-0.15, -0.1) is 0 Å². The van der Waals surface area contributed by atoms with E-state index in [2.05, 4.69) is 6.92 Å². The summed E-state index contributed by atoms with van der Waals surface area (Å²) in [5.41, 5.74) is 1.15. The van der Waals surface area contributed by atoms with Gasteiger partial charge in [-0.2, -0.15) is 0 Å². The van der Waals surface area contributed by atoms with E-state index < -0.39 is 12.1 Å². The zero-order valence-corrected chi connectivity index (χ0v) is 15.5. The van der Waals surface area contributed by atoms with Crippen LogP contribution >= 0.6 is 0 Å². The first kappa shape index (κ1) is 19.3. The summed E-state index contributed by atoms with van der Waals surface area (Å²) >= 11 is 0. The van der Waals surface area contributed by atoms with Crippen molar-refractivity contribution in [3.63, 3.8) is 0 Å². The van der Waals surface area contributed by atoms with E-state index in [0.717, 1.165) is 43.5 Å². The minimum absolute atomic E-state index is 0.0839. The van der Waals surface area contributed by atoms with Crippen LogP contribution in [0, 0.1) is 6.92 Å². The van der Waals surface area contributed by atoms with Crippen molar-refractivity contribution in [2.45, 2.75) is 65.0 Å². The third-order valence-corrected chi connectivity index (χ3v) is 4.63. The molecule has 1 aliphatic rings. The molecule has 0 spiro atoms. The van der Waals surface area contributed by atoms with Crippen LogP contribution in [0.5, 0.6) is 5.75 Å². The highest BCUT2D eigenvalue weighted by Crippen LogP contribution is 2.21. The van der Waals surface area contributed by atoms with Crippen LogP contribution in [0.3, 0.4) is 0 Å². The second kappa shape index (κ2) is 9.44. The molecule has 0 bridgehead atoms. The van der Waals surface area contributed by atoms with E-state index in [1.54, 1.807) is 6.92 Å². The molecule has 0 N–H and O–H groups in total. The average Bonchev–Trinajstić information content (AvgIpc) is 2.62. The number of carbonyl (C=O) groups is 2. The number of piperidine rings is 1. The standard InChI is InChI=1S/C20H29NO4/c1-4-17-7-5-6-13-21(17)20(23)16(3)25-19(22)12-14-24-18-10-8-15(2)9-11-18/h8-11,16-17H,4-7,12-14H2,1-3H3. The molecule has 0 aromatic heterocycles. The lowest BCUT2D eigenvalue weighted by atomic mass is 9.99. The molecule has 0 saturated carbocycles. The van der Waals surface area contributed by atoms with E-state index in [4.69, 9.17) is 9.47 Å².